The van der Waals surface area contributed by atoms with Crippen LogP contribution in [0.3, 0.4) is 0 Å². The number of hydrogen-bond donors (Lipinski definition) is 3. The highest BCUT2D eigenvalue weighted by Gasteiger charge is 2.25. The SMILES string of the molecule is O=C1NC(SCc2ccc3ccccc3c2)NCC1O. The third-order valence-electron chi connectivity index (χ3n) is 3.30. The third kappa shape index (κ3) is 2.95. The van der Waals surface area contributed by atoms with Gasteiger partial charge in [0, 0.05) is 12.3 Å². The Labute approximate surface area is 121 Å². The van der Waals surface area contributed by atoms with Crippen molar-refractivity contribution >= 4 is 28.4 Å². The number of carbonyl (C=O) groups excluding carboxylic acids is 1. The number of aliphatic hydroxyl groups excluding tert-OH is 1. The number of benzene rings is 2. The van der Waals surface area contributed by atoms with Crippen LogP contribution in [0.15, 0.2) is 42.5 Å². The second kappa shape index (κ2) is 5.83. The molecular formula is C15H16N2O2S. The van der Waals surface area contributed by atoms with E-state index in [2.05, 4.69) is 41.0 Å². The average molecular weight is 288 g/mol. The van der Waals surface area contributed by atoms with Crippen LogP contribution in [0.5, 0.6) is 0 Å². The lowest BCUT2D eigenvalue weighted by molar-refractivity contribution is -0.131. The Kier molecular flexibility index (Phi) is 3.91. The fraction of sp³-hybridized carbons (Fsp3) is 0.267. The van der Waals surface area contributed by atoms with Crippen LogP contribution in [0.2, 0.25) is 0 Å². The molecule has 104 valence electrons. The maximum atomic E-state index is 11.4. The summed E-state index contributed by atoms with van der Waals surface area (Å²) in [4.78, 5) is 11.4. The molecule has 0 spiro atoms. The van der Waals surface area contributed by atoms with Crippen LogP contribution in [0, 0.1) is 0 Å². The molecule has 0 aliphatic carbocycles. The molecule has 3 rings (SSSR count). The van der Waals surface area contributed by atoms with Gasteiger partial charge in [0.1, 0.15) is 11.6 Å². The Bertz CT molecular complexity index is 632. The molecule has 3 N–H and O–H groups in total. The van der Waals surface area contributed by atoms with E-state index in [0.717, 1.165) is 5.75 Å². The summed E-state index contributed by atoms with van der Waals surface area (Å²) in [6.45, 7) is 0.307. The molecule has 0 radical (unpaired) electrons. The van der Waals surface area contributed by atoms with E-state index in [1.54, 1.807) is 11.8 Å². The van der Waals surface area contributed by atoms with E-state index in [0.29, 0.717) is 6.54 Å². The van der Waals surface area contributed by atoms with E-state index >= 15 is 0 Å². The molecule has 1 heterocycles. The molecule has 1 aliphatic heterocycles. The molecule has 5 heteroatoms. The molecule has 4 nitrogen and oxygen atoms in total. The van der Waals surface area contributed by atoms with Gasteiger partial charge in [0.15, 0.2) is 0 Å². The molecule has 2 aromatic carbocycles. The first-order chi connectivity index (χ1) is 9.72. The molecule has 20 heavy (non-hydrogen) atoms. The monoisotopic (exact) mass is 288 g/mol. The second-order valence-corrected chi connectivity index (χ2v) is 5.90. The van der Waals surface area contributed by atoms with Crippen molar-refractivity contribution < 1.29 is 9.90 Å². The topological polar surface area (TPSA) is 61.4 Å². The van der Waals surface area contributed by atoms with Crippen LogP contribution < -0.4 is 10.6 Å². The summed E-state index contributed by atoms with van der Waals surface area (Å²) in [5.74, 6) is 0.499. The fourth-order valence-electron chi connectivity index (χ4n) is 2.20. The van der Waals surface area contributed by atoms with E-state index in [1.807, 2.05) is 12.1 Å². The molecule has 2 unspecified atom stereocenters. The lowest BCUT2D eigenvalue weighted by atomic mass is 10.1. The number of aliphatic hydroxyl groups is 1. The van der Waals surface area contributed by atoms with Gasteiger partial charge in [0.2, 0.25) is 0 Å². The van der Waals surface area contributed by atoms with Gasteiger partial charge in [-0.25, -0.2) is 0 Å². The normalized spacial score (nSPS) is 22.8. The summed E-state index contributed by atoms with van der Waals surface area (Å²) in [7, 11) is 0. The summed E-state index contributed by atoms with van der Waals surface area (Å²) >= 11 is 1.61. The zero-order valence-electron chi connectivity index (χ0n) is 10.9. The van der Waals surface area contributed by atoms with Crippen LogP contribution in [0.4, 0.5) is 0 Å². The highest BCUT2D eigenvalue weighted by molar-refractivity contribution is 7.99. The molecule has 1 fully saturated rings. The Morgan fingerprint density at radius 2 is 2.00 bits per heavy atom. The summed E-state index contributed by atoms with van der Waals surface area (Å²) < 4.78 is 0. The quantitative estimate of drug-likeness (QED) is 0.800. The summed E-state index contributed by atoms with van der Waals surface area (Å²) in [5, 5.41) is 17.6. The first-order valence-electron chi connectivity index (χ1n) is 6.53. The smallest absolute Gasteiger partial charge is 0.252 e. The zero-order valence-corrected chi connectivity index (χ0v) is 11.7. The number of rotatable bonds is 3. The third-order valence-corrected chi connectivity index (χ3v) is 4.42. The largest absolute Gasteiger partial charge is 0.382 e. The van der Waals surface area contributed by atoms with Gasteiger partial charge >= 0.3 is 0 Å². The van der Waals surface area contributed by atoms with Gasteiger partial charge in [-0.1, -0.05) is 42.5 Å². The van der Waals surface area contributed by atoms with E-state index < -0.39 is 6.10 Å². The number of carbonyl (C=O) groups is 1. The number of β-amino-alcohol motifs (C(OH)–C–C–N with tert-alkyl or cyclic N) is 1. The summed E-state index contributed by atoms with van der Waals surface area (Å²) in [6, 6.07) is 14.6. The Morgan fingerprint density at radius 3 is 2.80 bits per heavy atom. The van der Waals surface area contributed by atoms with Crippen molar-refractivity contribution in [1.29, 1.82) is 0 Å². The Hall–Kier alpha value is -1.56. The van der Waals surface area contributed by atoms with Crippen LogP contribution in [0.1, 0.15) is 5.56 Å². The highest BCUT2D eigenvalue weighted by Crippen LogP contribution is 2.21. The molecule has 0 aromatic heterocycles. The molecule has 1 amide bonds. The van der Waals surface area contributed by atoms with Gasteiger partial charge in [0.05, 0.1) is 0 Å². The summed E-state index contributed by atoms with van der Waals surface area (Å²) in [5.41, 5.74) is 1.08. The van der Waals surface area contributed by atoms with Gasteiger partial charge in [-0.15, -0.1) is 11.8 Å². The van der Waals surface area contributed by atoms with Crippen molar-refractivity contribution in [3.05, 3.63) is 48.0 Å². The number of thioether (sulfide) groups is 1. The van der Waals surface area contributed by atoms with Crippen molar-refractivity contribution in [1.82, 2.24) is 10.6 Å². The molecule has 0 saturated carbocycles. The number of hydrogen-bond acceptors (Lipinski definition) is 4. The lowest BCUT2D eigenvalue weighted by Crippen LogP contribution is -2.57. The van der Waals surface area contributed by atoms with Crippen molar-refractivity contribution in [2.24, 2.45) is 0 Å². The van der Waals surface area contributed by atoms with Gasteiger partial charge < -0.3 is 10.4 Å². The Morgan fingerprint density at radius 1 is 1.20 bits per heavy atom. The van der Waals surface area contributed by atoms with Crippen LogP contribution in [-0.4, -0.2) is 29.2 Å². The molecule has 2 aromatic rings. The van der Waals surface area contributed by atoms with Crippen molar-refractivity contribution in [3.63, 3.8) is 0 Å². The average Bonchev–Trinajstić information content (AvgIpc) is 2.48. The molecule has 2 atom stereocenters. The van der Waals surface area contributed by atoms with Crippen molar-refractivity contribution in [2.75, 3.05) is 6.54 Å². The van der Waals surface area contributed by atoms with Crippen LogP contribution in [0.25, 0.3) is 10.8 Å². The van der Waals surface area contributed by atoms with Crippen LogP contribution >= 0.6 is 11.8 Å². The molecule has 1 aliphatic rings. The molecule has 0 bridgehead atoms. The highest BCUT2D eigenvalue weighted by atomic mass is 32.2. The van der Waals surface area contributed by atoms with E-state index in [9.17, 15) is 9.90 Å². The minimum absolute atomic E-state index is 0.141. The van der Waals surface area contributed by atoms with Gasteiger partial charge in [-0.05, 0) is 16.3 Å². The van der Waals surface area contributed by atoms with E-state index in [1.165, 1.54) is 16.3 Å². The number of fused-ring (bicyclic) bond motifs is 1. The minimum Gasteiger partial charge on any atom is -0.382 e. The predicted molar refractivity (Wildman–Crippen MR) is 81.2 cm³/mol. The molecular weight excluding hydrogens is 272 g/mol. The standard InChI is InChI=1S/C15H16N2O2S/c18-13-8-16-15(17-14(13)19)20-9-10-5-6-11-3-1-2-4-12(11)7-10/h1-7,13,15-16,18H,8-9H2,(H,17,19). The maximum Gasteiger partial charge on any atom is 0.252 e. The lowest BCUT2D eigenvalue weighted by Gasteiger charge is -2.27. The first-order valence-corrected chi connectivity index (χ1v) is 7.58. The minimum atomic E-state index is -0.937. The maximum absolute atomic E-state index is 11.4. The summed E-state index contributed by atoms with van der Waals surface area (Å²) in [6.07, 6.45) is -0.937. The fourth-order valence-corrected chi connectivity index (χ4v) is 3.15. The molecule has 1 saturated heterocycles. The van der Waals surface area contributed by atoms with Gasteiger partial charge in [0.25, 0.3) is 5.91 Å². The van der Waals surface area contributed by atoms with Crippen molar-refractivity contribution in [2.45, 2.75) is 17.4 Å². The van der Waals surface area contributed by atoms with Gasteiger partial charge in [-0.3, -0.25) is 10.1 Å². The second-order valence-electron chi connectivity index (χ2n) is 4.81. The van der Waals surface area contributed by atoms with E-state index in [4.69, 9.17) is 0 Å². The van der Waals surface area contributed by atoms with E-state index in [-0.39, 0.29) is 11.4 Å². The zero-order chi connectivity index (χ0) is 13.9. The number of amides is 1. The van der Waals surface area contributed by atoms with Gasteiger partial charge in [-0.2, -0.15) is 0 Å². The van der Waals surface area contributed by atoms with Crippen molar-refractivity contribution in [3.8, 4) is 0 Å². The predicted octanol–water partition coefficient (Wildman–Crippen LogP) is 1.44. The first kappa shape index (κ1) is 13.4. The Balaban J connectivity index is 1.63. The number of nitrogens with one attached hydrogen (secondary N) is 2. The van der Waals surface area contributed by atoms with Crippen LogP contribution in [-0.2, 0) is 10.5 Å².